The van der Waals surface area contributed by atoms with Gasteiger partial charge in [0.25, 0.3) is 11.8 Å². The van der Waals surface area contributed by atoms with E-state index >= 15 is 0 Å². The van der Waals surface area contributed by atoms with Gasteiger partial charge in [0.1, 0.15) is 18.1 Å². The van der Waals surface area contributed by atoms with Crippen molar-refractivity contribution in [3.8, 4) is 5.75 Å². The van der Waals surface area contributed by atoms with Crippen molar-refractivity contribution in [3.05, 3.63) is 71.8 Å². The molecular formula is C44H59N3O14. The van der Waals surface area contributed by atoms with E-state index in [0.29, 0.717) is 129 Å². The van der Waals surface area contributed by atoms with Gasteiger partial charge in [-0.25, -0.2) is 0 Å². The number of amides is 3. The number of nitrogens with zero attached hydrogens (tertiary/aromatic N) is 2. The number of hydrogen-bond donors (Lipinski definition) is 1. The monoisotopic (exact) mass is 853 g/mol. The number of imide groups is 1. The molecule has 0 unspecified atom stereocenters. The van der Waals surface area contributed by atoms with E-state index in [1.807, 2.05) is 42.5 Å². The van der Waals surface area contributed by atoms with Gasteiger partial charge in [0.05, 0.1) is 124 Å². The first kappa shape index (κ1) is 48.9. The molecule has 0 atom stereocenters. The van der Waals surface area contributed by atoms with Gasteiger partial charge >= 0.3 is 0 Å². The lowest BCUT2D eigenvalue weighted by atomic mass is 10.0. The van der Waals surface area contributed by atoms with Crippen LogP contribution in [0.4, 0.5) is 5.69 Å². The van der Waals surface area contributed by atoms with Crippen LogP contribution in [-0.4, -0.2) is 165 Å². The highest BCUT2D eigenvalue weighted by molar-refractivity contribution is 6.15. The van der Waals surface area contributed by atoms with Crippen LogP contribution >= 0.6 is 0 Å². The summed E-state index contributed by atoms with van der Waals surface area (Å²) in [5, 5.41) is 2.81. The van der Waals surface area contributed by atoms with E-state index in [1.54, 1.807) is 6.07 Å². The lowest BCUT2D eigenvalue weighted by molar-refractivity contribution is -0.137. The van der Waals surface area contributed by atoms with Crippen LogP contribution in [0.2, 0.25) is 0 Å². The molecular weight excluding hydrogens is 794 g/mol. The molecule has 2 aliphatic rings. The number of carbonyl (C=O) groups excluding carboxylic acids is 5. The van der Waals surface area contributed by atoms with Crippen molar-refractivity contribution < 1.29 is 66.6 Å². The highest BCUT2D eigenvalue weighted by atomic mass is 16.6. The number of para-hydroxylation sites is 2. The van der Waals surface area contributed by atoms with Gasteiger partial charge in [0, 0.05) is 49.9 Å². The maximum Gasteiger partial charge on any atom is 0.253 e. The highest BCUT2D eigenvalue weighted by Gasteiger charge is 2.23. The minimum absolute atomic E-state index is 0.0696. The van der Waals surface area contributed by atoms with Crippen molar-refractivity contribution in [1.29, 1.82) is 0 Å². The molecule has 61 heavy (non-hydrogen) atoms. The Kier molecular flexibility index (Phi) is 24.3. The third-order valence-corrected chi connectivity index (χ3v) is 8.98. The van der Waals surface area contributed by atoms with E-state index in [4.69, 9.17) is 47.6 Å². The van der Waals surface area contributed by atoms with Crippen LogP contribution in [0.5, 0.6) is 5.75 Å². The fraction of sp³-hybridized carbons (Fsp3) is 0.545. The standard InChI is InChI=1S/C44H59N3O14/c48-36(34-61-41-10-4-2-8-38(41)40-33-37(49)32-35-6-1-3-9-39(35)46-40)7-5-14-45-42(50)13-16-53-18-20-55-22-24-57-26-28-59-30-31-60-29-27-58-25-23-56-21-19-54-17-15-47-43(51)11-12-44(47)52/h1-4,6,8-12H,5,7,13-34H2,(H,45,50). The van der Waals surface area contributed by atoms with Crippen LogP contribution in [0, 0.1) is 0 Å². The van der Waals surface area contributed by atoms with Crippen molar-refractivity contribution in [2.45, 2.75) is 32.1 Å². The summed E-state index contributed by atoms with van der Waals surface area (Å²) in [4.78, 5) is 66.1. The molecule has 0 aliphatic carbocycles. The molecule has 0 saturated heterocycles. The van der Waals surface area contributed by atoms with E-state index < -0.39 is 0 Å². The molecule has 1 N–H and O–H groups in total. The van der Waals surface area contributed by atoms with Crippen LogP contribution in [0.1, 0.15) is 36.8 Å². The van der Waals surface area contributed by atoms with Crippen molar-refractivity contribution in [2.24, 2.45) is 4.99 Å². The Hall–Kier alpha value is -4.72. The largest absolute Gasteiger partial charge is 0.485 e. The Balaban J connectivity index is 0.848. The molecule has 0 radical (unpaired) electrons. The maximum absolute atomic E-state index is 12.6. The summed E-state index contributed by atoms with van der Waals surface area (Å²) in [6.45, 7) is 6.83. The van der Waals surface area contributed by atoms with Crippen LogP contribution in [0.15, 0.2) is 65.7 Å². The molecule has 0 aromatic heterocycles. The second kappa shape index (κ2) is 30.3. The number of carbonyl (C=O) groups is 5. The van der Waals surface area contributed by atoms with Crippen molar-refractivity contribution in [1.82, 2.24) is 10.2 Å². The normalized spacial score (nSPS) is 13.7. The van der Waals surface area contributed by atoms with Gasteiger partial charge in [-0.1, -0.05) is 30.3 Å². The molecule has 2 heterocycles. The SMILES string of the molecule is O=C(CCCNC(=O)CCOCCOCCOCCOCCOCCOCCOCCOCCN1C(=O)C=CC1=O)COc1ccccc1C1=Nc2ccccc2CC(=O)C1. The Morgan fingerprint density at radius 3 is 1.69 bits per heavy atom. The van der Waals surface area contributed by atoms with Crippen molar-refractivity contribution in [2.75, 3.05) is 125 Å². The van der Waals surface area contributed by atoms with Gasteiger partial charge in [-0.2, -0.15) is 0 Å². The zero-order valence-corrected chi connectivity index (χ0v) is 34.9. The van der Waals surface area contributed by atoms with Gasteiger partial charge < -0.3 is 47.9 Å². The lowest BCUT2D eigenvalue weighted by Crippen LogP contribution is -2.33. The second-order valence-electron chi connectivity index (χ2n) is 13.7. The molecule has 2 aromatic carbocycles. The molecule has 4 rings (SSSR count). The zero-order valence-electron chi connectivity index (χ0n) is 34.9. The van der Waals surface area contributed by atoms with Crippen LogP contribution in [-0.2, 0) is 68.3 Å². The number of ether oxygens (including phenoxy) is 9. The summed E-state index contributed by atoms with van der Waals surface area (Å²) < 4.78 is 49.5. The van der Waals surface area contributed by atoms with Gasteiger partial charge in [0.2, 0.25) is 5.91 Å². The smallest absolute Gasteiger partial charge is 0.253 e. The topological polar surface area (TPSA) is 196 Å². The Labute approximate surface area is 356 Å². The fourth-order valence-corrected chi connectivity index (χ4v) is 5.85. The van der Waals surface area contributed by atoms with Crippen LogP contribution < -0.4 is 10.1 Å². The average Bonchev–Trinajstić information content (AvgIpc) is 3.47. The van der Waals surface area contributed by atoms with E-state index in [0.717, 1.165) is 16.2 Å². The molecule has 2 aliphatic heterocycles. The number of rotatable bonds is 35. The van der Waals surface area contributed by atoms with E-state index in [-0.39, 0.29) is 74.9 Å². The molecule has 17 heteroatoms. The first-order chi connectivity index (χ1) is 29.9. The fourth-order valence-electron chi connectivity index (χ4n) is 5.85. The van der Waals surface area contributed by atoms with E-state index in [9.17, 15) is 24.0 Å². The van der Waals surface area contributed by atoms with E-state index in [2.05, 4.69) is 5.32 Å². The molecule has 0 bridgehead atoms. The number of ketones is 2. The highest BCUT2D eigenvalue weighted by Crippen LogP contribution is 2.28. The minimum Gasteiger partial charge on any atom is -0.485 e. The number of nitrogens with one attached hydrogen (secondary N) is 1. The molecule has 17 nitrogen and oxygen atoms in total. The van der Waals surface area contributed by atoms with Gasteiger partial charge in [0.15, 0.2) is 5.78 Å². The van der Waals surface area contributed by atoms with E-state index in [1.165, 1.54) is 12.2 Å². The Morgan fingerprint density at radius 2 is 1.10 bits per heavy atom. The summed E-state index contributed by atoms with van der Waals surface area (Å²) in [7, 11) is 0. The molecule has 0 spiro atoms. The first-order valence-corrected chi connectivity index (χ1v) is 20.7. The first-order valence-electron chi connectivity index (χ1n) is 20.7. The summed E-state index contributed by atoms with van der Waals surface area (Å²) in [5.74, 6) is -0.316. The molecule has 0 saturated carbocycles. The second-order valence-corrected chi connectivity index (χ2v) is 13.7. The van der Waals surface area contributed by atoms with Crippen LogP contribution in [0.3, 0.4) is 0 Å². The summed E-state index contributed by atoms with van der Waals surface area (Å²) in [6, 6.07) is 14.9. The Morgan fingerprint density at radius 1 is 0.590 bits per heavy atom. The predicted octanol–water partition coefficient (Wildman–Crippen LogP) is 2.61. The van der Waals surface area contributed by atoms with Crippen molar-refractivity contribution >= 4 is 40.7 Å². The molecule has 2 aromatic rings. The predicted molar refractivity (Wildman–Crippen MR) is 222 cm³/mol. The molecule has 334 valence electrons. The quantitative estimate of drug-likeness (QED) is 0.0785. The number of hydrogen-bond acceptors (Lipinski definition) is 15. The number of benzene rings is 2. The maximum atomic E-state index is 12.6. The average molecular weight is 854 g/mol. The molecule has 0 fully saturated rings. The number of fused-ring (bicyclic) bond motifs is 1. The van der Waals surface area contributed by atoms with Crippen LogP contribution in [0.25, 0.3) is 0 Å². The zero-order chi connectivity index (χ0) is 43.2. The van der Waals surface area contributed by atoms with Gasteiger partial charge in [-0.15, -0.1) is 0 Å². The lowest BCUT2D eigenvalue weighted by Gasteiger charge is -2.13. The summed E-state index contributed by atoms with van der Waals surface area (Å²) in [5.41, 5.74) is 2.97. The van der Waals surface area contributed by atoms with Gasteiger partial charge in [-0.05, 0) is 30.2 Å². The third kappa shape index (κ3) is 20.6. The summed E-state index contributed by atoms with van der Waals surface area (Å²) in [6.07, 6.45) is 3.95. The number of Topliss-reactive ketones (excluding diaryl/α,β-unsaturated/α-hetero) is 2. The Bertz CT molecular complexity index is 1700. The van der Waals surface area contributed by atoms with Crippen molar-refractivity contribution in [3.63, 3.8) is 0 Å². The summed E-state index contributed by atoms with van der Waals surface area (Å²) >= 11 is 0. The minimum atomic E-state index is -0.318. The number of aliphatic imine (C=N–C) groups is 1. The third-order valence-electron chi connectivity index (χ3n) is 8.98. The van der Waals surface area contributed by atoms with Gasteiger partial charge in [-0.3, -0.25) is 33.9 Å². The molecule has 3 amide bonds.